The maximum atomic E-state index is 9.97. The van der Waals surface area contributed by atoms with Gasteiger partial charge >= 0.3 is 0 Å². The summed E-state index contributed by atoms with van der Waals surface area (Å²) >= 11 is 1.85. The van der Waals surface area contributed by atoms with Crippen molar-refractivity contribution in [3.8, 4) is 28.6 Å². The highest BCUT2D eigenvalue weighted by Gasteiger charge is 2.20. The molecule has 0 saturated heterocycles. The maximum Gasteiger partial charge on any atom is 0.0991 e. The fraction of sp³-hybridized carbons (Fsp3) is 0. The summed E-state index contributed by atoms with van der Waals surface area (Å²) in [5.74, 6) is 0. The predicted molar refractivity (Wildman–Crippen MR) is 196 cm³/mol. The monoisotopic (exact) mass is 613 g/mol. The van der Waals surface area contributed by atoms with E-state index in [-0.39, 0.29) is 0 Å². The Morgan fingerprint density at radius 3 is 2.21 bits per heavy atom. The Hall–Kier alpha value is -6.33. The molecule has 0 radical (unpaired) electrons. The van der Waals surface area contributed by atoms with Gasteiger partial charge in [-0.15, -0.1) is 11.3 Å². The molecule has 10 rings (SSSR count). The van der Waals surface area contributed by atoms with Crippen molar-refractivity contribution >= 4 is 75.1 Å². The molecule has 7 aromatic carbocycles. The van der Waals surface area contributed by atoms with Crippen molar-refractivity contribution in [2.75, 3.05) is 0 Å². The van der Waals surface area contributed by atoms with Crippen LogP contribution in [0.4, 0.5) is 0 Å². The van der Waals surface area contributed by atoms with E-state index in [9.17, 15) is 5.26 Å². The van der Waals surface area contributed by atoms with Crippen LogP contribution in [-0.4, -0.2) is 9.13 Å². The third-order valence-corrected chi connectivity index (χ3v) is 10.6. The van der Waals surface area contributed by atoms with E-state index in [1.54, 1.807) is 0 Å². The molecular weight excluding hydrogens is 591 g/mol. The molecule has 0 aliphatic rings. The first-order valence-electron chi connectivity index (χ1n) is 15.6. The molecule has 47 heavy (non-hydrogen) atoms. The first kappa shape index (κ1) is 25.9. The Balaban J connectivity index is 1.26. The summed E-state index contributed by atoms with van der Waals surface area (Å²) in [5.41, 5.74) is 9.51. The van der Waals surface area contributed by atoms with Gasteiger partial charge in [0.25, 0.3) is 0 Å². The Morgan fingerprint density at radius 1 is 0.596 bits per heavy atom. The fourth-order valence-corrected chi connectivity index (χ4v) is 8.59. The summed E-state index contributed by atoms with van der Waals surface area (Å²) < 4.78 is 7.22. The number of nitriles is 1. The SMILES string of the molecule is N#Cc1ccc(-n2c3ccc#cc3c3ccccc32)c(-c2ccc3sc4c(ccc5c6ccccc6n(-c6ccccc6)c54)c3c2)c1. The summed E-state index contributed by atoms with van der Waals surface area (Å²) in [5, 5.41) is 17.1. The molecule has 0 N–H and O–H groups in total. The number of hydrogen-bond acceptors (Lipinski definition) is 2. The van der Waals surface area contributed by atoms with Gasteiger partial charge in [0.1, 0.15) is 0 Å². The molecule has 10 aromatic rings. The molecule has 0 spiro atoms. The Morgan fingerprint density at radius 2 is 1.36 bits per heavy atom. The second kappa shape index (κ2) is 9.83. The molecule has 4 heteroatoms. The molecule has 3 nitrogen and oxygen atoms in total. The summed E-state index contributed by atoms with van der Waals surface area (Å²) in [6.07, 6.45) is 0. The summed E-state index contributed by atoms with van der Waals surface area (Å²) in [6.45, 7) is 0. The average Bonchev–Trinajstić information content (AvgIpc) is 3.79. The van der Waals surface area contributed by atoms with Gasteiger partial charge < -0.3 is 9.13 Å². The third-order valence-electron chi connectivity index (χ3n) is 9.40. The normalized spacial score (nSPS) is 11.6. The molecule has 0 fully saturated rings. The van der Waals surface area contributed by atoms with E-state index in [2.05, 4.69) is 149 Å². The first-order chi connectivity index (χ1) is 23.3. The van der Waals surface area contributed by atoms with Gasteiger partial charge in [-0.1, -0.05) is 84.9 Å². The van der Waals surface area contributed by atoms with E-state index < -0.39 is 0 Å². The van der Waals surface area contributed by atoms with E-state index in [0.29, 0.717) is 5.56 Å². The Labute approximate surface area is 274 Å². The zero-order chi connectivity index (χ0) is 31.1. The lowest BCUT2D eigenvalue weighted by Crippen LogP contribution is -1.98. The van der Waals surface area contributed by atoms with Gasteiger partial charge in [0, 0.05) is 42.9 Å². The highest BCUT2D eigenvalue weighted by Crippen LogP contribution is 2.44. The zero-order valence-corrected chi connectivity index (χ0v) is 25.8. The lowest BCUT2D eigenvalue weighted by molar-refractivity contribution is 1.18. The van der Waals surface area contributed by atoms with Crippen LogP contribution in [0, 0.1) is 23.5 Å². The molecular formula is C43H23N3S. The van der Waals surface area contributed by atoms with Crippen LogP contribution in [0.1, 0.15) is 5.56 Å². The second-order valence-corrected chi connectivity index (χ2v) is 13.0. The van der Waals surface area contributed by atoms with Crippen LogP contribution in [0.25, 0.3) is 86.3 Å². The van der Waals surface area contributed by atoms with Crippen molar-refractivity contribution in [2.24, 2.45) is 0 Å². The van der Waals surface area contributed by atoms with Crippen molar-refractivity contribution in [1.82, 2.24) is 9.13 Å². The largest absolute Gasteiger partial charge is 0.308 e. The molecule has 0 unspecified atom stereocenters. The minimum Gasteiger partial charge on any atom is -0.308 e. The predicted octanol–water partition coefficient (Wildman–Crippen LogP) is 11.4. The lowest BCUT2D eigenvalue weighted by Gasteiger charge is -2.14. The highest BCUT2D eigenvalue weighted by atomic mass is 32.1. The van der Waals surface area contributed by atoms with Crippen molar-refractivity contribution in [3.63, 3.8) is 0 Å². The van der Waals surface area contributed by atoms with E-state index in [1.165, 1.54) is 42.0 Å². The summed E-state index contributed by atoms with van der Waals surface area (Å²) in [4.78, 5) is 0. The molecule has 0 aliphatic heterocycles. The van der Waals surface area contributed by atoms with Crippen LogP contribution in [0.3, 0.4) is 0 Å². The van der Waals surface area contributed by atoms with E-state index in [4.69, 9.17) is 0 Å². The molecule has 216 valence electrons. The number of thiophene rings is 1. The minimum absolute atomic E-state index is 0.633. The van der Waals surface area contributed by atoms with Crippen molar-refractivity contribution in [3.05, 3.63) is 157 Å². The molecule has 0 saturated carbocycles. The zero-order valence-electron chi connectivity index (χ0n) is 25.0. The topological polar surface area (TPSA) is 33.6 Å². The fourth-order valence-electron chi connectivity index (χ4n) is 7.37. The Bertz CT molecular complexity index is 2860. The van der Waals surface area contributed by atoms with Gasteiger partial charge in [-0.25, -0.2) is 0 Å². The number of aromatic nitrogens is 2. The first-order valence-corrected chi connectivity index (χ1v) is 16.4. The van der Waals surface area contributed by atoms with E-state index >= 15 is 0 Å². The van der Waals surface area contributed by atoms with Crippen LogP contribution in [0.2, 0.25) is 0 Å². The van der Waals surface area contributed by atoms with Crippen molar-refractivity contribution < 1.29 is 0 Å². The van der Waals surface area contributed by atoms with Gasteiger partial charge in [0.2, 0.25) is 0 Å². The van der Waals surface area contributed by atoms with Crippen LogP contribution in [0.5, 0.6) is 0 Å². The standard InChI is InChI=1S/C43H23N3S/c44-26-27-18-22-40(46-38-16-8-4-12-30(38)31-13-5-9-17-39(31)46)35(24-27)28-19-23-41-36(25-28)34-21-20-33-32-14-6-7-15-37(32)45(42(33)43(34)47-41)29-10-2-1-3-11-29/h1-4,6-12,14-25H. The van der Waals surface area contributed by atoms with Gasteiger partial charge in [-0.2, -0.15) is 5.26 Å². The number of hydrogen-bond donors (Lipinski definition) is 0. The molecule has 3 aromatic heterocycles. The van der Waals surface area contributed by atoms with E-state index in [1.807, 2.05) is 29.5 Å². The molecule has 3 heterocycles. The van der Waals surface area contributed by atoms with Crippen LogP contribution < -0.4 is 0 Å². The molecule has 0 atom stereocenters. The molecule has 0 aliphatic carbocycles. The van der Waals surface area contributed by atoms with Crippen molar-refractivity contribution in [2.45, 2.75) is 0 Å². The van der Waals surface area contributed by atoms with E-state index in [0.717, 1.165) is 44.3 Å². The van der Waals surface area contributed by atoms with Gasteiger partial charge in [-0.05, 0) is 72.3 Å². The van der Waals surface area contributed by atoms with Crippen LogP contribution in [0.15, 0.2) is 140 Å². The van der Waals surface area contributed by atoms with Gasteiger partial charge in [0.15, 0.2) is 0 Å². The van der Waals surface area contributed by atoms with Crippen LogP contribution >= 0.6 is 11.3 Å². The van der Waals surface area contributed by atoms with Crippen molar-refractivity contribution in [1.29, 1.82) is 5.26 Å². The van der Waals surface area contributed by atoms with Gasteiger partial charge in [0.05, 0.1) is 49.5 Å². The summed E-state index contributed by atoms with van der Waals surface area (Å²) in [7, 11) is 0. The third kappa shape index (κ3) is 3.68. The smallest absolute Gasteiger partial charge is 0.0991 e. The molecule has 0 amide bonds. The number of rotatable bonds is 3. The maximum absolute atomic E-state index is 9.97. The lowest BCUT2D eigenvalue weighted by atomic mass is 9.98. The number of nitrogens with zero attached hydrogens (tertiary/aromatic N) is 3. The molecule has 0 bridgehead atoms. The second-order valence-electron chi connectivity index (χ2n) is 11.9. The number of benzene rings is 6. The summed E-state index contributed by atoms with van der Waals surface area (Å²) in [6, 6.07) is 58.0. The average molecular weight is 614 g/mol. The Kier molecular flexibility index (Phi) is 5.43. The van der Waals surface area contributed by atoms with Crippen LogP contribution in [-0.2, 0) is 0 Å². The highest BCUT2D eigenvalue weighted by molar-refractivity contribution is 7.26. The minimum atomic E-state index is 0.633. The quantitative estimate of drug-likeness (QED) is 0.195. The van der Waals surface area contributed by atoms with Gasteiger partial charge in [-0.3, -0.25) is 0 Å². The number of para-hydroxylation sites is 3. The number of fused-ring (bicyclic) bond motifs is 10.